The van der Waals surface area contributed by atoms with Crippen LogP contribution in [-0.2, 0) is 0 Å². The molecule has 1 aliphatic rings. The minimum atomic E-state index is 0.429. The highest BCUT2D eigenvalue weighted by atomic mass is 79.9. The Bertz CT molecular complexity index is 411. The van der Waals surface area contributed by atoms with Crippen molar-refractivity contribution < 1.29 is 0 Å². The molecule has 1 fully saturated rings. The number of hydrogen-bond donors (Lipinski definition) is 1. The van der Waals surface area contributed by atoms with Crippen LogP contribution in [0.3, 0.4) is 0 Å². The number of likely N-dealkylation sites (tertiary alicyclic amines) is 1. The Morgan fingerprint density at radius 2 is 1.90 bits per heavy atom. The maximum atomic E-state index is 3.67. The van der Waals surface area contributed by atoms with Crippen LogP contribution in [0.5, 0.6) is 0 Å². The summed E-state index contributed by atoms with van der Waals surface area (Å²) in [6.45, 7) is 8.47. The van der Waals surface area contributed by atoms with Crippen molar-refractivity contribution in [3.05, 3.63) is 34.3 Å². The van der Waals surface area contributed by atoms with E-state index in [-0.39, 0.29) is 0 Å². The van der Waals surface area contributed by atoms with E-state index in [1.54, 1.807) is 0 Å². The number of nitrogens with zero attached hydrogens (tertiary/aromatic N) is 1. The first-order valence-corrected chi connectivity index (χ1v) is 8.53. The van der Waals surface area contributed by atoms with E-state index < -0.39 is 0 Å². The first kappa shape index (κ1) is 16.0. The molecule has 0 aromatic heterocycles. The lowest BCUT2D eigenvalue weighted by Gasteiger charge is -2.35. The first-order valence-electron chi connectivity index (χ1n) is 7.74. The van der Waals surface area contributed by atoms with Crippen molar-refractivity contribution in [2.75, 3.05) is 26.7 Å². The second-order valence-corrected chi connectivity index (χ2v) is 7.21. The van der Waals surface area contributed by atoms with Gasteiger partial charge in [-0.1, -0.05) is 48.0 Å². The second-order valence-electron chi connectivity index (χ2n) is 6.36. The largest absolute Gasteiger partial charge is 0.313 e. The maximum Gasteiger partial charge on any atom is 0.0340 e. The lowest BCUT2D eigenvalue weighted by molar-refractivity contribution is 0.136. The predicted molar refractivity (Wildman–Crippen MR) is 89.9 cm³/mol. The summed E-state index contributed by atoms with van der Waals surface area (Å²) in [7, 11) is 2.06. The molecular formula is C17H27BrN2. The van der Waals surface area contributed by atoms with Gasteiger partial charge in [0.2, 0.25) is 0 Å². The van der Waals surface area contributed by atoms with Crippen LogP contribution in [0.2, 0.25) is 0 Å². The van der Waals surface area contributed by atoms with E-state index in [1.165, 1.54) is 42.5 Å². The molecule has 0 aliphatic carbocycles. The summed E-state index contributed by atoms with van der Waals surface area (Å²) in [6, 6.07) is 8.97. The van der Waals surface area contributed by atoms with Crippen molar-refractivity contribution >= 4 is 15.9 Å². The second kappa shape index (κ2) is 7.58. The number of halogens is 1. The molecule has 20 heavy (non-hydrogen) atoms. The molecule has 1 N–H and O–H groups in total. The van der Waals surface area contributed by atoms with Crippen LogP contribution in [0.4, 0.5) is 0 Å². The molecular weight excluding hydrogens is 312 g/mol. The van der Waals surface area contributed by atoms with Gasteiger partial charge in [0.05, 0.1) is 0 Å². The van der Waals surface area contributed by atoms with E-state index in [2.05, 4.69) is 71.3 Å². The van der Waals surface area contributed by atoms with Gasteiger partial charge in [0, 0.05) is 23.6 Å². The quantitative estimate of drug-likeness (QED) is 0.870. The summed E-state index contributed by atoms with van der Waals surface area (Å²) < 4.78 is 1.21. The fourth-order valence-corrected chi connectivity index (χ4v) is 4.06. The minimum Gasteiger partial charge on any atom is -0.313 e. The van der Waals surface area contributed by atoms with Crippen LogP contribution in [0.1, 0.15) is 38.3 Å². The average Bonchev–Trinajstić information content (AvgIpc) is 2.40. The molecule has 112 valence electrons. The minimum absolute atomic E-state index is 0.429. The molecule has 1 aromatic carbocycles. The van der Waals surface area contributed by atoms with Crippen molar-refractivity contribution in [1.29, 1.82) is 0 Å². The van der Waals surface area contributed by atoms with Gasteiger partial charge < -0.3 is 10.2 Å². The van der Waals surface area contributed by atoms with Gasteiger partial charge in [0.1, 0.15) is 0 Å². The Labute approximate surface area is 132 Å². The average molecular weight is 339 g/mol. The molecule has 3 unspecified atom stereocenters. The van der Waals surface area contributed by atoms with E-state index in [4.69, 9.17) is 0 Å². The van der Waals surface area contributed by atoms with E-state index in [0.717, 1.165) is 11.8 Å². The van der Waals surface area contributed by atoms with Gasteiger partial charge in [-0.15, -0.1) is 0 Å². The van der Waals surface area contributed by atoms with Gasteiger partial charge in [-0.25, -0.2) is 0 Å². The third kappa shape index (κ3) is 4.31. The fourth-order valence-electron chi connectivity index (χ4n) is 3.50. The van der Waals surface area contributed by atoms with Gasteiger partial charge in [-0.3, -0.25) is 0 Å². The smallest absolute Gasteiger partial charge is 0.0340 e. The summed E-state index contributed by atoms with van der Waals surface area (Å²) >= 11 is 3.67. The molecule has 1 saturated heterocycles. The Hall–Kier alpha value is -0.380. The number of rotatable bonds is 5. The van der Waals surface area contributed by atoms with E-state index in [9.17, 15) is 0 Å². The molecule has 1 aromatic rings. The Morgan fingerprint density at radius 1 is 1.25 bits per heavy atom. The van der Waals surface area contributed by atoms with Crippen molar-refractivity contribution in [2.24, 2.45) is 11.8 Å². The molecule has 0 spiro atoms. The summed E-state index contributed by atoms with van der Waals surface area (Å²) in [5.41, 5.74) is 1.37. The zero-order valence-corrected chi connectivity index (χ0v) is 14.5. The summed E-state index contributed by atoms with van der Waals surface area (Å²) in [5, 5.41) is 3.46. The monoisotopic (exact) mass is 338 g/mol. The van der Waals surface area contributed by atoms with Crippen molar-refractivity contribution in [3.8, 4) is 0 Å². The van der Waals surface area contributed by atoms with E-state index in [0.29, 0.717) is 6.04 Å². The van der Waals surface area contributed by atoms with Gasteiger partial charge >= 0.3 is 0 Å². The highest BCUT2D eigenvalue weighted by Crippen LogP contribution is 2.27. The lowest BCUT2D eigenvalue weighted by Crippen LogP contribution is -2.40. The molecule has 1 heterocycles. The third-order valence-corrected chi connectivity index (χ3v) is 5.03. The third-order valence-electron chi connectivity index (χ3n) is 4.31. The summed E-state index contributed by atoms with van der Waals surface area (Å²) in [5.74, 6) is 1.69. The molecule has 0 saturated carbocycles. The van der Waals surface area contributed by atoms with Gasteiger partial charge in [0.15, 0.2) is 0 Å². The molecule has 0 radical (unpaired) electrons. The molecule has 3 heteroatoms. The van der Waals surface area contributed by atoms with Gasteiger partial charge in [0.25, 0.3) is 0 Å². The molecule has 2 nitrogen and oxygen atoms in total. The van der Waals surface area contributed by atoms with Crippen LogP contribution in [0.25, 0.3) is 0 Å². The Kier molecular flexibility index (Phi) is 6.06. The highest BCUT2D eigenvalue weighted by Gasteiger charge is 2.22. The fraction of sp³-hybridized carbons (Fsp3) is 0.647. The molecule has 3 atom stereocenters. The number of nitrogens with one attached hydrogen (secondary N) is 1. The van der Waals surface area contributed by atoms with E-state index >= 15 is 0 Å². The predicted octanol–water partition coefficient (Wildman–Crippen LogP) is 4.08. The normalized spacial score (nSPS) is 25.6. The highest BCUT2D eigenvalue weighted by molar-refractivity contribution is 9.10. The Balaban J connectivity index is 1.93. The van der Waals surface area contributed by atoms with Crippen LogP contribution < -0.4 is 5.32 Å². The van der Waals surface area contributed by atoms with Crippen LogP contribution >= 0.6 is 15.9 Å². The number of benzene rings is 1. The van der Waals surface area contributed by atoms with E-state index in [1.807, 2.05) is 0 Å². The van der Waals surface area contributed by atoms with Crippen molar-refractivity contribution in [3.63, 3.8) is 0 Å². The maximum absolute atomic E-state index is 3.67. The number of piperidine rings is 1. The van der Waals surface area contributed by atoms with Gasteiger partial charge in [-0.05, 0) is 49.9 Å². The van der Waals surface area contributed by atoms with Gasteiger partial charge in [-0.2, -0.15) is 0 Å². The summed E-state index contributed by atoms with van der Waals surface area (Å²) in [6.07, 6.45) is 2.55. The zero-order chi connectivity index (χ0) is 14.5. The van der Waals surface area contributed by atoms with Crippen LogP contribution in [0, 0.1) is 11.8 Å². The standard InChI is InChI=1S/C17H27BrN2/c1-13-10-14(2)12-20(11-13)9-8-17(19-3)15-6-4-5-7-16(15)18/h4-7,13-14,17,19H,8-12H2,1-3H3. The molecule has 0 bridgehead atoms. The van der Waals surface area contributed by atoms with Crippen molar-refractivity contribution in [2.45, 2.75) is 32.7 Å². The Morgan fingerprint density at radius 3 is 2.50 bits per heavy atom. The van der Waals surface area contributed by atoms with Crippen LogP contribution in [0.15, 0.2) is 28.7 Å². The topological polar surface area (TPSA) is 15.3 Å². The first-order chi connectivity index (χ1) is 9.60. The summed E-state index contributed by atoms with van der Waals surface area (Å²) in [4.78, 5) is 2.64. The molecule has 1 aliphatic heterocycles. The SMILES string of the molecule is CNC(CCN1CC(C)CC(C)C1)c1ccccc1Br. The number of hydrogen-bond acceptors (Lipinski definition) is 2. The van der Waals surface area contributed by atoms with Crippen molar-refractivity contribution in [1.82, 2.24) is 10.2 Å². The molecule has 2 rings (SSSR count). The lowest BCUT2D eigenvalue weighted by atomic mass is 9.91. The van der Waals surface area contributed by atoms with Crippen LogP contribution in [-0.4, -0.2) is 31.6 Å². The molecule has 0 amide bonds. The zero-order valence-electron chi connectivity index (χ0n) is 12.9.